The van der Waals surface area contributed by atoms with Crippen LogP contribution in [0.5, 0.6) is 5.75 Å². The first-order chi connectivity index (χ1) is 9.45. The maximum atomic E-state index is 11.8. The highest BCUT2D eigenvalue weighted by atomic mass is 35.5. The van der Waals surface area contributed by atoms with Crippen molar-refractivity contribution in [3.05, 3.63) is 28.8 Å². The van der Waals surface area contributed by atoms with Gasteiger partial charge in [-0.1, -0.05) is 37.2 Å². The smallest absolute Gasteiger partial charge is 0.260 e. The van der Waals surface area contributed by atoms with Crippen LogP contribution in [0.4, 0.5) is 0 Å². The van der Waals surface area contributed by atoms with E-state index < -0.39 is 6.10 Å². The summed E-state index contributed by atoms with van der Waals surface area (Å²) in [5.41, 5.74) is 6.12. The normalized spacial score (nSPS) is 11.8. The molecule has 1 amide bonds. The van der Waals surface area contributed by atoms with Crippen molar-refractivity contribution < 1.29 is 9.53 Å². The first-order valence-electron chi connectivity index (χ1n) is 6.49. The number of unbranched alkanes of at least 4 members (excludes halogenated alkanes) is 1. The summed E-state index contributed by atoms with van der Waals surface area (Å²) in [5, 5.41) is 3.22. The lowest BCUT2D eigenvalue weighted by Crippen LogP contribution is -2.36. The second kappa shape index (κ2) is 8.07. The third-order valence-corrected chi connectivity index (χ3v) is 3.25. The monoisotopic (exact) mass is 314 g/mol. The fourth-order valence-corrected chi connectivity index (χ4v) is 2.07. The number of nitrogens with two attached hydrogens (primary N) is 1. The molecule has 0 bridgehead atoms. The largest absolute Gasteiger partial charge is 0.481 e. The molecule has 0 spiro atoms. The Balaban J connectivity index is 2.62. The summed E-state index contributed by atoms with van der Waals surface area (Å²) < 4.78 is 5.54. The summed E-state index contributed by atoms with van der Waals surface area (Å²) in [6, 6.07) is 4.98. The highest BCUT2D eigenvalue weighted by Gasteiger charge is 2.14. The molecule has 20 heavy (non-hydrogen) atoms. The zero-order chi connectivity index (χ0) is 15.1. The Labute approximate surface area is 129 Å². The number of ether oxygens (including phenoxy) is 1. The third kappa shape index (κ3) is 4.98. The molecule has 1 aromatic rings. The minimum Gasteiger partial charge on any atom is -0.481 e. The first kappa shape index (κ1) is 16.7. The number of rotatable bonds is 7. The maximum Gasteiger partial charge on any atom is 0.260 e. The van der Waals surface area contributed by atoms with Gasteiger partial charge in [-0.2, -0.15) is 0 Å². The Hall–Kier alpha value is -1.33. The highest BCUT2D eigenvalue weighted by Crippen LogP contribution is 2.23. The zero-order valence-corrected chi connectivity index (χ0v) is 13.2. The molecule has 0 saturated heterocycles. The van der Waals surface area contributed by atoms with E-state index in [0.29, 0.717) is 22.9 Å². The van der Waals surface area contributed by atoms with E-state index in [2.05, 4.69) is 12.2 Å². The number of benzene rings is 1. The molecule has 0 aliphatic carbocycles. The predicted molar refractivity (Wildman–Crippen MR) is 85.3 cm³/mol. The Bertz CT molecular complexity index is 494. The van der Waals surface area contributed by atoms with Gasteiger partial charge in [-0.15, -0.1) is 0 Å². The average Bonchev–Trinajstić information content (AvgIpc) is 2.38. The van der Waals surface area contributed by atoms with E-state index in [1.54, 1.807) is 25.1 Å². The lowest BCUT2D eigenvalue weighted by atomic mass is 10.2. The van der Waals surface area contributed by atoms with Crippen molar-refractivity contribution in [3.63, 3.8) is 0 Å². The quantitative estimate of drug-likeness (QED) is 0.600. The molecule has 4 nitrogen and oxygen atoms in total. The molecule has 6 heteroatoms. The summed E-state index contributed by atoms with van der Waals surface area (Å²) in [7, 11) is 0. The summed E-state index contributed by atoms with van der Waals surface area (Å²) in [5.74, 6) is 0.362. The molecular formula is C14H19ClN2O2S. The number of amides is 1. The molecular weight excluding hydrogens is 296 g/mol. The fourth-order valence-electron chi connectivity index (χ4n) is 1.56. The van der Waals surface area contributed by atoms with Crippen molar-refractivity contribution >= 4 is 34.7 Å². The van der Waals surface area contributed by atoms with Crippen LogP contribution in [0.15, 0.2) is 18.2 Å². The molecule has 0 aliphatic heterocycles. The van der Waals surface area contributed by atoms with Crippen LogP contribution in [-0.4, -0.2) is 23.5 Å². The Kier molecular flexibility index (Phi) is 6.75. The van der Waals surface area contributed by atoms with Crippen LogP contribution in [0.1, 0.15) is 32.3 Å². The van der Waals surface area contributed by atoms with Crippen LogP contribution in [0.3, 0.4) is 0 Å². The topological polar surface area (TPSA) is 64.3 Å². The number of thiocarbonyl (C=S) groups is 1. The van der Waals surface area contributed by atoms with Crippen LogP contribution in [0.25, 0.3) is 0 Å². The van der Waals surface area contributed by atoms with Crippen LogP contribution < -0.4 is 15.8 Å². The van der Waals surface area contributed by atoms with Gasteiger partial charge in [-0.05, 0) is 31.5 Å². The van der Waals surface area contributed by atoms with Crippen LogP contribution in [0.2, 0.25) is 5.02 Å². The summed E-state index contributed by atoms with van der Waals surface area (Å²) in [6.07, 6.45) is 1.40. The molecule has 0 heterocycles. The van der Waals surface area contributed by atoms with E-state index in [4.69, 9.17) is 34.3 Å². The van der Waals surface area contributed by atoms with Crippen LogP contribution in [-0.2, 0) is 4.79 Å². The minimum atomic E-state index is -0.585. The fraction of sp³-hybridized carbons (Fsp3) is 0.429. The van der Waals surface area contributed by atoms with Crippen molar-refractivity contribution in [1.82, 2.24) is 5.32 Å². The molecule has 0 fully saturated rings. The van der Waals surface area contributed by atoms with Gasteiger partial charge < -0.3 is 15.8 Å². The number of carbonyl (C=O) groups excluding carboxylic acids is 1. The predicted octanol–water partition coefficient (Wildman–Crippen LogP) is 2.66. The standard InChI is InChI=1S/C14H19ClN2O2S/c1-3-4-7-17-14(18)9(2)19-10-5-6-11(13(16)20)12(15)8-10/h5-6,8-9H,3-4,7H2,1-2H3,(H2,16,20)(H,17,18). The number of hydrogen-bond acceptors (Lipinski definition) is 3. The van der Waals surface area contributed by atoms with E-state index in [-0.39, 0.29) is 10.9 Å². The summed E-state index contributed by atoms with van der Waals surface area (Å²) in [6.45, 7) is 4.42. The number of nitrogens with one attached hydrogen (secondary N) is 1. The van der Waals surface area contributed by atoms with Crippen molar-refractivity contribution in [2.75, 3.05) is 6.54 Å². The average molecular weight is 315 g/mol. The van der Waals surface area contributed by atoms with E-state index >= 15 is 0 Å². The maximum absolute atomic E-state index is 11.8. The third-order valence-electron chi connectivity index (χ3n) is 2.72. The van der Waals surface area contributed by atoms with Crippen LogP contribution >= 0.6 is 23.8 Å². The Morgan fingerprint density at radius 3 is 2.80 bits per heavy atom. The van der Waals surface area contributed by atoms with Gasteiger partial charge >= 0.3 is 0 Å². The van der Waals surface area contributed by atoms with Gasteiger partial charge in [0, 0.05) is 12.1 Å². The van der Waals surface area contributed by atoms with Gasteiger partial charge in [0.2, 0.25) is 0 Å². The molecule has 3 N–H and O–H groups in total. The lowest BCUT2D eigenvalue weighted by Gasteiger charge is -2.15. The van der Waals surface area contributed by atoms with E-state index in [1.165, 1.54) is 0 Å². The van der Waals surface area contributed by atoms with Crippen molar-refractivity contribution in [3.8, 4) is 5.75 Å². The summed E-state index contributed by atoms with van der Waals surface area (Å²) >= 11 is 10.9. The Morgan fingerprint density at radius 1 is 1.55 bits per heavy atom. The van der Waals surface area contributed by atoms with Gasteiger partial charge in [-0.3, -0.25) is 4.79 Å². The second-order valence-electron chi connectivity index (χ2n) is 4.41. The van der Waals surface area contributed by atoms with Gasteiger partial charge in [-0.25, -0.2) is 0 Å². The first-order valence-corrected chi connectivity index (χ1v) is 7.28. The number of halogens is 1. The van der Waals surface area contributed by atoms with Crippen molar-refractivity contribution in [2.24, 2.45) is 5.73 Å². The van der Waals surface area contributed by atoms with E-state index in [9.17, 15) is 4.79 Å². The molecule has 1 unspecified atom stereocenters. The minimum absolute atomic E-state index is 0.145. The molecule has 1 atom stereocenters. The molecule has 1 rings (SSSR count). The molecule has 0 aliphatic rings. The van der Waals surface area contributed by atoms with Gasteiger partial charge in [0.05, 0.1) is 5.02 Å². The van der Waals surface area contributed by atoms with Crippen LogP contribution in [0, 0.1) is 0 Å². The molecule has 110 valence electrons. The number of carbonyl (C=O) groups is 1. The second-order valence-corrected chi connectivity index (χ2v) is 5.26. The highest BCUT2D eigenvalue weighted by molar-refractivity contribution is 7.80. The van der Waals surface area contributed by atoms with Crippen molar-refractivity contribution in [2.45, 2.75) is 32.8 Å². The molecule has 1 aromatic carbocycles. The summed E-state index contributed by atoms with van der Waals surface area (Å²) in [4.78, 5) is 12.0. The van der Waals surface area contributed by atoms with Gasteiger partial charge in [0.15, 0.2) is 6.10 Å². The number of hydrogen-bond donors (Lipinski definition) is 2. The van der Waals surface area contributed by atoms with E-state index in [1.807, 2.05) is 0 Å². The van der Waals surface area contributed by atoms with E-state index in [0.717, 1.165) is 12.8 Å². The zero-order valence-electron chi connectivity index (χ0n) is 11.6. The molecule has 0 saturated carbocycles. The Morgan fingerprint density at radius 2 is 2.25 bits per heavy atom. The van der Waals surface area contributed by atoms with Crippen molar-refractivity contribution in [1.29, 1.82) is 0 Å². The SMILES string of the molecule is CCCCNC(=O)C(C)Oc1ccc(C(N)=S)c(Cl)c1. The molecule has 0 aromatic heterocycles. The molecule has 0 radical (unpaired) electrons. The van der Waals surface area contributed by atoms with Gasteiger partial charge in [0.1, 0.15) is 10.7 Å². The van der Waals surface area contributed by atoms with Gasteiger partial charge in [0.25, 0.3) is 5.91 Å². The lowest BCUT2D eigenvalue weighted by molar-refractivity contribution is -0.127.